The molecule has 0 fully saturated rings. The van der Waals surface area contributed by atoms with E-state index in [1.165, 1.54) is 11.3 Å². The van der Waals surface area contributed by atoms with E-state index < -0.39 is 5.92 Å². The summed E-state index contributed by atoms with van der Waals surface area (Å²) < 4.78 is 0. The Morgan fingerprint density at radius 1 is 0.692 bits per heavy atom. The number of hydrogen-bond donors (Lipinski definition) is 1. The third-order valence-corrected chi connectivity index (χ3v) is 7.28. The molecule has 0 bridgehead atoms. The van der Waals surface area contributed by atoms with Gasteiger partial charge in [-0.2, -0.15) is 0 Å². The highest BCUT2D eigenvalue weighted by atomic mass is 32.1. The van der Waals surface area contributed by atoms with Crippen molar-refractivity contribution in [2.75, 3.05) is 0 Å². The average Bonchev–Trinajstić information content (AvgIpc) is 3.47. The van der Waals surface area contributed by atoms with Gasteiger partial charge in [-0.15, -0.1) is 11.3 Å². The van der Waals surface area contributed by atoms with Crippen LogP contribution in [0.15, 0.2) is 127 Å². The van der Waals surface area contributed by atoms with Crippen LogP contribution in [-0.4, -0.2) is 21.7 Å². The van der Waals surface area contributed by atoms with Gasteiger partial charge in [0.15, 0.2) is 0 Å². The molecular weight excluding hydrogens is 502 g/mol. The molecule has 0 aliphatic rings. The summed E-state index contributed by atoms with van der Waals surface area (Å²) in [5.74, 6) is -0.694. The van der Waals surface area contributed by atoms with E-state index >= 15 is 0 Å². The maximum Gasteiger partial charge on any atom is 0.271 e. The fourth-order valence-electron chi connectivity index (χ4n) is 4.49. The molecule has 4 aromatic carbocycles. The summed E-state index contributed by atoms with van der Waals surface area (Å²) in [6.45, 7) is 1.17. The van der Waals surface area contributed by atoms with E-state index in [1.807, 2.05) is 126 Å². The predicted molar refractivity (Wildman–Crippen MR) is 155 cm³/mol. The van der Waals surface area contributed by atoms with Gasteiger partial charge >= 0.3 is 0 Å². The highest BCUT2D eigenvalue weighted by molar-refractivity contribution is 7.09. The number of benzene rings is 4. The summed E-state index contributed by atoms with van der Waals surface area (Å²) in [4.78, 5) is 33.5. The summed E-state index contributed by atoms with van der Waals surface area (Å²) in [7, 11) is 0. The lowest BCUT2D eigenvalue weighted by molar-refractivity contribution is -0.133. The molecule has 0 aliphatic carbocycles. The molecule has 1 heterocycles. The summed E-state index contributed by atoms with van der Waals surface area (Å²) in [5, 5.41) is 5.40. The minimum Gasteiger partial charge on any atom is -0.347 e. The van der Waals surface area contributed by atoms with Crippen molar-refractivity contribution in [3.63, 3.8) is 0 Å². The Bertz CT molecular complexity index is 1450. The van der Waals surface area contributed by atoms with Gasteiger partial charge in [-0.3, -0.25) is 9.59 Å². The molecule has 5 rings (SSSR count). The Hall–Kier alpha value is -4.55. The minimum atomic E-state index is -0.454. The minimum absolute atomic E-state index is 0.0125. The molecular formula is C33H29N3O2S. The molecule has 0 aliphatic heterocycles. The van der Waals surface area contributed by atoms with E-state index in [1.54, 1.807) is 5.38 Å². The molecule has 194 valence electrons. The smallest absolute Gasteiger partial charge is 0.271 e. The monoisotopic (exact) mass is 531 g/mol. The lowest BCUT2D eigenvalue weighted by Crippen LogP contribution is -2.35. The number of nitrogens with zero attached hydrogens (tertiary/aromatic N) is 2. The standard InChI is InChI=1S/C33H29N3O2S/c37-32(34-21-25-13-5-1-6-14-25)29-24-39-30(35-29)23-36(22-26-15-7-2-8-16-26)33(38)31(27-17-9-3-10-18-27)28-19-11-4-12-20-28/h1-20,24,31H,21-23H2,(H,34,37). The van der Waals surface area contributed by atoms with E-state index in [9.17, 15) is 9.59 Å². The van der Waals surface area contributed by atoms with Crippen LogP contribution in [0.5, 0.6) is 0 Å². The van der Waals surface area contributed by atoms with Crippen molar-refractivity contribution in [3.8, 4) is 0 Å². The van der Waals surface area contributed by atoms with Gasteiger partial charge in [0.25, 0.3) is 5.91 Å². The quantitative estimate of drug-likeness (QED) is 0.226. The number of thiazole rings is 1. The predicted octanol–water partition coefficient (Wildman–Crippen LogP) is 6.43. The van der Waals surface area contributed by atoms with Crippen LogP contribution in [0, 0.1) is 0 Å². The van der Waals surface area contributed by atoms with Crippen LogP contribution < -0.4 is 5.32 Å². The van der Waals surface area contributed by atoms with Crippen molar-refractivity contribution in [3.05, 3.63) is 160 Å². The van der Waals surface area contributed by atoms with Crippen molar-refractivity contribution in [1.82, 2.24) is 15.2 Å². The molecule has 39 heavy (non-hydrogen) atoms. The van der Waals surface area contributed by atoms with Crippen molar-refractivity contribution in [1.29, 1.82) is 0 Å². The molecule has 6 heteroatoms. The lowest BCUT2D eigenvalue weighted by atomic mass is 9.90. The van der Waals surface area contributed by atoms with Crippen LogP contribution in [0.1, 0.15) is 43.7 Å². The molecule has 0 atom stereocenters. The number of hydrogen-bond acceptors (Lipinski definition) is 4. The van der Waals surface area contributed by atoms with Crippen LogP contribution in [0.3, 0.4) is 0 Å². The molecule has 0 saturated heterocycles. The van der Waals surface area contributed by atoms with Crippen molar-refractivity contribution in [2.24, 2.45) is 0 Å². The molecule has 5 aromatic rings. The Labute approximate surface area is 232 Å². The second-order valence-corrected chi connectivity index (χ2v) is 10.2. The van der Waals surface area contributed by atoms with Crippen LogP contribution in [0.2, 0.25) is 0 Å². The average molecular weight is 532 g/mol. The van der Waals surface area contributed by atoms with Gasteiger partial charge in [-0.05, 0) is 22.3 Å². The number of carbonyl (C=O) groups excluding carboxylic acids is 2. The second kappa shape index (κ2) is 12.8. The Morgan fingerprint density at radius 3 is 1.77 bits per heavy atom. The first-order chi connectivity index (χ1) is 19.2. The molecule has 1 aromatic heterocycles. The Kier molecular flexibility index (Phi) is 8.56. The molecule has 0 saturated carbocycles. The maximum atomic E-state index is 14.3. The molecule has 2 amide bonds. The third-order valence-electron chi connectivity index (χ3n) is 6.45. The first-order valence-corrected chi connectivity index (χ1v) is 13.7. The van der Waals surface area contributed by atoms with Gasteiger partial charge in [0.2, 0.25) is 5.91 Å². The van der Waals surface area contributed by atoms with Crippen molar-refractivity contribution < 1.29 is 9.59 Å². The number of rotatable bonds is 10. The summed E-state index contributed by atoms with van der Waals surface area (Å²) in [6, 6.07) is 39.4. The Morgan fingerprint density at radius 2 is 1.21 bits per heavy atom. The van der Waals surface area contributed by atoms with E-state index in [0.717, 1.165) is 22.3 Å². The lowest BCUT2D eigenvalue weighted by Gasteiger charge is -2.27. The molecule has 0 unspecified atom stereocenters. The van der Waals surface area contributed by atoms with Crippen molar-refractivity contribution in [2.45, 2.75) is 25.6 Å². The molecule has 0 radical (unpaired) electrons. The van der Waals surface area contributed by atoms with Gasteiger partial charge in [0.05, 0.1) is 12.5 Å². The summed E-state index contributed by atoms with van der Waals surface area (Å²) in [5.41, 5.74) is 4.29. The zero-order chi connectivity index (χ0) is 26.9. The fraction of sp³-hybridized carbons (Fsp3) is 0.121. The zero-order valence-electron chi connectivity index (χ0n) is 21.4. The maximum absolute atomic E-state index is 14.3. The van der Waals surface area contributed by atoms with Crippen molar-refractivity contribution >= 4 is 23.2 Å². The van der Waals surface area contributed by atoms with E-state index in [-0.39, 0.29) is 11.8 Å². The topological polar surface area (TPSA) is 62.3 Å². The number of amides is 2. The number of carbonyl (C=O) groups is 2. The normalized spacial score (nSPS) is 10.8. The van der Waals surface area contributed by atoms with Crippen LogP contribution in [0.4, 0.5) is 0 Å². The van der Waals surface area contributed by atoms with E-state index in [4.69, 9.17) is 0 Å². The summed E-state index contributed by atoms with van der Waals surface area (Å²) >= 11 is 1.39. The van der Waals surface area contributed by atoms with Gasteiger partial charge in [0.1, 0.15) is 10.7 Å². The molecule has 5 nitrogen and oxygen atoms in total. The van der Waals surface area contributed by atoms with Gasteiger partial charge in [-0.1, -0.05) is 121 Å². The first-order valence-electron chi connectivity index (χ1n) is 12.9. The fourth-order valence-corrected chi connectivity index (χ4v) is 5.28. The highest BCUT2D eigenvalue weighted by Gasteiger charge is 2.28. The second-order valence-electron chi connectivity index (χ2n) is 9.23. The van der Waals surface area contributed by atoms with Gasteiger partial charge in [0, 0.05) is 18.5 Å². The SMILES string of the molecule is O=C(NCc1ccccc1)c1csc(CN(Cc2ccccc2)C(=O)C(c2ccccc2)c2ccccc2)n1. The van der Waals surface area contributed by atoms with E-state index in [0.29, 0.717) is 30.3 Å². The van der Waals surface area contributed by atoms with Crippen LogP contribution >= 0.6 is 11.3 Å². The zero-order valence-corrected chi connectivity index (χ0v) is 22.3. The van der Waals surface area contributed by atoms with E-state index in [2.05, 4.69) is 10.3 Å². The number of nitrogens with one attached hydrogen (secondary N) is 1. The van der Waals surface area contributed by atoms with Gasteiger partial charge < -0.3 is 10.2 Å². The number of aromatic nitrogens is 1. The summed E-state index contributed by atoms with van der Waals surface area (Å²) in [6.07, 6.45) is 0. The highest BCUT2D eigenvalue weighted by Crippen LogP contribution is 2.29. The third kappa shape index (κ3) is 6.86. The molecule has 0 spiro atoms. The largest absolute Gasteiger partial charge is 0.347 e. The van der Waals surface area contributed by atoms with Crippen LogP contribution in [-0.2, 0) is 24.4 Å². The molecule has 1 N–H and O–H groups in total. The van der Waals surface area contributed by atoms with Gasteiger partial charge in [-0.25, -0.2) is 4.98 Å². The Balaban J connectivity index is 1.39. The van der Waals surface area contributed by atoms with Crippen LogP contribution in [0.25, 0.3) is 0 Å². The first kappa shape index (κ1) is 26.1.